The monoisotopic (exact) mass is 180 g/mol. The lowest BCUT2D eigenvalue weighted by Gasteiger charge is -2.08. The fourth-order valence-corrected chi connectivity index (χ4v) is 1.87. The number of hydrogen-bond acceptors (Lipinski definition) is 1. The quantitative estimate of drug-likeness (QED) is 0.602. The average molecular weight is 181 g/mol. The highest BCUT2D eigenvalue weighted by molar-refractivity contribution is 6.30. The summed E-state index contributed by atoms with van der Waals surface area (Å²) in [6.07, 6.45) is 9.21. The van der Waals surface area contributed by atoms with Crippen molar-refractivity contribution in [3.05, 3.63) is 17.2 Å². The lowest BCUT2D eigenvalue weighted by Crippen LogP contribution is -2.08. The van der Waals surface area contributed by atoms with Gasteiger partial charge in [-0.3, -0.25) is 0 Å². The van der Waals surface area contributed by atoms with Crippen molar-refractivity contribution in [1.82, 2.24) is 9.55 Å². The first kappa shape index (κ1) is 7.70. The summed E-state index contributed by atoms with van der Waals surface area (Å²) in [7, 11) is 1.92. The van der Waals surface area contributed by atoms with Crippen LogP contribution < -0.4 is 0 Å². The Bertz CT molecular complexity index is 336. The van der Waals surface area contributed by atoms with Gasteiger partial charge in [-0.1, -0.05) is 17.5 Å². The van der Waals surface area contributed by atoms with Crippen molar-refractivity contribution >= 4 is 11.6 Å². The summed E-state index contributed by atoms with van der Waals surface area (Å²) in [4.78, 5) is 4.00. The number of hydrogen-bond donors (Lipinski definition) is 0. The standard InChI is InChI=1S/C9H9ClN2/c1-3-9(4-5-9)7-8(10)11-6-12(7)2/h1,6H,4-5H2,2H3. The third-order valence-electron chi connectivity index (χ3n) is 2.37. The highest BCUT2D eigenvalue weighted by Gasteiger charge is 2.46. The van der Waals surface area contributed by atoms with Gasteiger partial charge in [0.05, 0.1) is 17.4 Å². The summed E-state index contributed by atoms with van der Waals surface area (Å²) in [6, 6.07) is 0. The van der Waals surface area contributed by atoms with E-state index in [9.17, 15) is 0 Å². The Hall–Kier alpha value is -0.940. The molecule has 1 fully saturated rings. The first-order valence-corrected chi connectivity index (χ1v) is 4.22. The van der Waals surface area contributed by atoms with Crippen LogP contribution in [-0.2, 0) is 12.5 Å². The smallest absolute Gasteiger partial charge is 0.151 e. The van der Waals surface area contributed by atoms with Crippen LogP contribution in [0.15, 0.2) is 6.33 Å². The van der Waals surface area contributed by atoms with Gasteiger partial charge in [-0.2, -0.15) is 0 Å². The molecular formula is C9H9ClN2. The van der Waals surface area contributed by atoms with Crippen molar-refractivity contribution in [2.75, 3.05) is 0 Å². The number of aryl methyl sites for hydroxylation is 1. The second-order valence-electron chi connectivity index (χ2n) is 3.22. The van der Waals surface area contributed by atoms with E-state index in [1.54, 1.807) is 6.33 Å². The molecule has 0 unspecified atom stereocenters. The van der Waals surface area contributed by atoms with Crippen molar-refractivity contribution in [1.29, 1.82) is 0 Å². The molecule has 0 aromatic carbocycles. The first-order valence-electron chi connectivity index (χ1n) is 3.85. The van der Waals surface area contributed by atoms with Crippen LogP contribution in [0.5, 0.6) is 0 Å². The molecule has 1 aliphatic rings. The molecule has 0 atom stereocenters. The van der Waals surface area contributed by atoms with Crippen LogP contribution in [0.2, 0.25) is 5.15 Å². The molecule has 0 N–H and O–H groups in total. The van der Waals surface area contributed by atoms with E-state index >= 15 is 0 Å². The minimum Gasteiger partial charge on any atom is -0.335 e. The molecule has 1 aliphatic carbocycles. The molecule has 62 valence electrons. The second kappa shape index (κ2) is 2.27. The Kier molecular flexibility index (Phi) is 1.46. The van der Waals surface area contributed by atoms with Crippen LogP contribution >= 0.6 is 11.6 Å². The lowest BCUT2D eigenvalue weighted by atomic mass is 10.1. The summed E-state index contributed by atoms with van der Waals surface area (Å²) in [5, 5.41) is 0.549. The van der Waals surface area contributed by atoms with Crippen molar-refractivity contribution < 1.29 is 0 Å². The van der Waals surface area contributed by atoms with Gasteiger partial charge in [-0.25, -0.2) is 4.98 Å². The Labute approximate surface area is 76.6 Å². The van der Waals surface area contributed by atoms with Gasteiger partial charge in [-0.05, 0) is 12.8 Å². The van der Waals surface area contributed by atoms with E-state index in [1.165, 1.54) is 0 Å². The van der Waals surface area contributed by atoms with E-state index in [0.29, 0.717) is 5.15 Å². The molecule has 0 saturated heterocycles. The molecular weight excluding hydrogens is 172 g/mol. The minimum absolute atomic E-state index is 0.109. The van der Waals surface area contributed by atoms with E-state index in [-0.39, 0.29) is 5.41 Å². The maximum Gasteiger partial charge on any atom is 0.151 e. The molecule has 1 heterocycles. The maximum atomic E-state index is 5.92. The van der Waals surface area contributed by atoms with E-state index in [1.807, 2.05) is 11.6 Å². The molecule has 1 aromatic heterocycles. The van der Waals surface area contributed by atoms with Crippen LogP contribution in [0.1, 0.15) is 18.5 Å². The zero-order valence-electron chi connectivity index (χ0n) is 6.84. The Morgan fingerprint density at radius 1 is 1.75 bits per heavy atom. The predicted molar refractivity (Wildman–Crippen MR) is 48.0 cm³/mol. The molecule has 0 aliphatic heterocycles. The largest absolute Gasteiger partial charge is 0.335 e. The topological polar surface area (TPSA) is 17.8 Å². The molecule has 1 aromatic rings. The maximum absolute atomic E-state index is 5.92. The molecule has 0 radical (unpaired) electrons. The van der Waals surface area contributed by atoms with Crippen molar-refractivity contribution in [2.24, 2.45) is 7.05 Å². The molecule has 3 heteroatoms. The Morgan fingerprint density at radius 3 is 2.75 bits per heavy atom. The number of halogens is 1. The van der Waals surface area contributed by atoms with Gasteiger partial charge < -0.3 is 4.57 Å². The minimum atomic E-state index is -0.109. The normalized spacial score (nSPS) is 18.8. The van der Waals surface area contributed by atoms with E-state index in [2.05, 4.69) is 10.9 Å². The van der Waals surface area contributed by atoms with E-state index < -0.39 is 0 Å². The lowest BCUT2D eigenvalue weighted by molar-refractivity contribution is 0.762. The summed E-state index contributed by atoms with van der Waals surface area (Å²) in [6.45, 7) is 0. The van der Waals surface area contributed by atoms with Gasteiger partial charge >= 0.3 is 0 Å². The van der Waals surface area contributed by atoms with Gasteiger partial charge in [0.15, 0.2) is 5.15 Å². The highest BCUT2D eigenvalue weighted by atomic mass is 35.5. The number of imidazole rings is 1. The summed E-state index contributed by atoms with van der Waals surface area (Å²) >= 11 is 5.92. The molecule has 0 bridgehead atoms. The Morgan fingerprint density at radius 2 is 2.42 bits per heavy atom. The molecule has 0 spiro atoms. The molecule has 1 saturated carbocycles. The van der Waals surface area contributed by atoms with Crippen molar-refractivity contribution in [3.63, 3.8) is 0 Å². The zero-order valence-corrected chi connectivity index (χ0v) is 7.60. The molecule has 2 nitrogen and oxygen atoms in total. The molecule has 12 heavy (non-hydrogen) atoms. The molecule has 2 rings (SSSR count). The third-order valence-corrected chi connectivity index (χ3v) is 2.65. The van der Waals surface area contributed by atoms with E-state index in [0.717, 1.165) is 18.5 Å². The van der Waals surface area contributed by atoms with Crippen molar-refractivity contribution in [2.45, 2.75) is 18.3 Å². The first-order chi connectivity index (χ1) is 5.69. The van der Waals surface area contributed by atoms with Crippen LogP contribution in [0.3, 0.4) is 0 Å². The number of aromatic nitrogens is 2. The van der Waals surface area contributed by atoms with Gasteiger partial charge in [0.1, 0.15) is 0 Å². The van der Waals surface area contributed by atoms with Crippen LogP contribution in [0.4, 0.5) is 0 Å². The second-order valence-corrected chi connectivity index (χ2v) is 3.58. The van der Waals surface area contributed by atoms with Crippen molar-refractivity contribution in [3.8, 4) is 12.3 Å². The van der Waals surface area contributed by atoms with Crippen LogP contribution in [0.25, 0.3) is 0 Å². The summed E-state index contributed by atoms with van der Waals surface area (Å²) in [5.74, 6) is 2.79. The van der Waals surface area contributed by atoms with Gasteiger partial charge in [0.25, 0.3) is 0 Å². The predicted octanol–water partition coefficient (Wildman–Crippen LogP) is 1.74. The van der Waals surface area contributed by atoms with Crippen LogP contribution in [0, 0.1) is 12.3 Å². The van der Waals surface area contributed by atoms with Gasteiger partial charge in [0, 0.05) is 7.05 Å². The molecule has 0 amide bonds. The zero-order chi connectivity index (χ0) is 8.77. The van der Waals surface area contributed by atoms with Gasteiger partial charge in [0.2, 0.25) is 0 Å². The third kappa shape index (κ3) is 0.867. The Balaban J connectivity index is 2.54. The fraction of sp³-hybridized carbons (Fsp3) is 0.444. The average Bonchev–Trinajstić information content (AvgIpc) is 2.77. The van der Waals surface area contributed by atoms with E-state index in [4.69, 9.17) is 18.0 Å². The van der Waals surface area contributed by atoms with Gasteiger partial charge in [-0.15, -0.1) is 6.42 Å². The van der Waals surface area contributed by atoms with Crippen LogP contribution in [-0.4, -0.2) is 9.55 Å². The number of terminal acetylenes is 1. The SMILES string of the molecule is C#CC1(c2c(Cl)ncn2C)CC1. The number of nitrogens with zero attached hydrogens (tertiary/aromatic N) is 2. The fourth-order valence-electron chi connectivity index (χ4n) is 1.51. The summed E-state index contributed by atoms with van der Waals surface area (Å²) in [5.41, 5.74) is 0.883. The number of rotatable bonds is 1. The summed E-state index contributed by atoms with van der Waals surface area (Å²) < 4.78 is 1.91. The highest BCUT2D eigenvalue weighted by Crippen LogP contribution is 2.49.